The van der Waals surface area contributed by atoms with Crippen LogP contribution in [0.25, 0.3) is 0 Å². The van der Waals surface area contributed by atoms with Gasteiger partial charge < -0.3 is 4.74 Å². The third kappa shape index (κ3) is 11.5. The summed E-state index contributed by atoms with van der Waals surface area (Å²) in [7, 11) is 0. The van der Waals surface area contributed by atoms with Crippen molar-refractivity contribution < 1.29 is 14.3 Å². The van der Waals surface area contributed by atoms with Crippen LogP contribution < -0.4 is 0 Å². The van der Waals surface area contributed by atoms with Crippen LogP contribution in [0.4, 0.5) is 0 Å². The SMILES string of the molecule is CCCCCCCC(=O)OC(=O)C(CCC)CCCCC. The van der Waals surface area contributed by atoms with Gasteiger partial charge in [-0.2, -0.15) is 0 Å². The van der Waals surface area contributed by atoms with Gasteiger partial charge in [-0.25, -0.2) is 0 Å². The minimum absolute atomic E-state index is 0.0920. The van der Waals surface area contributed by atoms with E-state index in [1.807, 2.05) is 0 Å². The summed E-state index contributed by atoms with van der Waals surface area (Å²) in [6.07, 6.45) is 11.8. The second-order valence-corrected chi connectivity index (χ2v) is 5.94. The van der Waals surface area contributed by atoms with Crippen molar-refractivity contribution in [3.05, 3.63) is 0 Å². The van der Waals surface area contributed by atoms with E-state index >= 15 is 0 Å². The Hall–Kier alpha value is -0.860. The molecule has 0 saturated heterocycles. The highest BCUT2D eigenvalue weighted by molar-refractivity contribution is 5.86. The van der Waals surface area contributed by atoms with E-state index in [2.05, 4.69) is 20.8 Å². The molecule has 0 N–H and O–H groups in total. The average molecular weight is 298 g/mol. The molecule has 1 unspecified atom stereocenters. The Bertz CT molecular complexity index is 274. The minimum Gasteiger partial charge on any atom is -0.393 e. The predicted molar refractivity (Wildman–Crippen MR) is 87.0 cm³/mol. The fourth-order valence-corrected chi connectivity index (χ4v) is 2.49. The Morgan fingerprint density at radius 3 is 2.00 bits per heavy atom. The predicted octanol–water partition coefficient (Wildman–Crippen LogP) is 5.41. The van der Waals surface area contributed by atoms with E-state index in [0.717, 1.165) is 57.8 Å². The van der Waals surface area contributed by atoms with E-state index in [4.69, 9.17) is 4.74 Å². The first-order valence-electron chi connectivity index (χ1n) is 8.90. The summed E-state index contributed by atoms with van der Waals surface area (Å²) < 4.78 is 5.02. The van der Waals surface area contributed by atoms with Crippen molar-refractivity contribution in [2.45, 2.75) is 97.8 Å². The van der Waals surface area contributed by atoms with E-state index in [1.54, 1.807) is 0 Å². The van der Waals surface area contributed by atoms with Crippen molar-refractivity contribution >= 4 is 11.9 Å². The Morgan fingerprint density at radius 2 is 1.38 bits per heavy atom. The zero-order chi connectivity index (χ0) is 15.9. The summed E-state index contributed by atoms with van der Waals surface area (Å²) in [5.41, 5.74) is 0. The van der Waals surface area contributed by atoms with Crippen LogP contribution in [-0.2, 0) is 14.3 Å². The topological polar surface area (TPSA) is 43.4 Å². The molecule has 0 bridgehead atoms. The molecule has 0 aromatic heterocycles. The van der Waals surface area contributed by atoms with Gasteiger partial charge in [-0.3, -0.25) is 9.59 Å². The summed E-state index contributed by atoms with van der Waals surface area (Å²) in [6.45, 7) is 6.38. The smallest absolute Gasteiger partial charge is 0.316 e. The Morgan fingerprint density at radius 1 is 0.762 bits per heavy atom. The molecule has 0 fully saturated rings. The first kappa shape index (κ1) is 20.1. The maximum Gasteiger partial charge on any atom is 0.316 e. The maximum atomic E-state index is 12.0. The molecular formula is C18H34O3. The third-order valence-corrected chi connectivity index (χ3v) is 3.83. The molecule has 0 aromatic rings. The summed E-state index contributed by atoms with van der Waals surface area (Å²) in [4.78, 5) is 23.7. The summed E-state index contributed by atoms with van der Waals surface area (Å²) >= 11 is 0. The third-order valence-electron chi connectivity index (χ3n) is 3.83. The molecule has 124 valence electrons. The largest absolute Gasteiger partial charge is 0.393 e. The van der Waals surface area contributed by atoms with Gasteiger partial charge in [0, 0.05) is 6.42 Å². The highest BCUT2D eigenvalue weighted by atomic mass is 16.6. The quantitative estimate of drug-likeness (QED) is 0.259. The summed E-state index contributed by atoms with van der Waals surface area (Å²) in [6, 6.07) is 0. The Balaban J connectivity index is 3.95. The van der Waals surface area contributed by atoms with E-state index in [0.29, 0.717) is 6.42 Å². The zero-order valence-electron chi connectivity index (χ0n) is 14.3. The number of esters is 2. The van der Waals surface area contributed by atoms with Crippen molar-refractivity contribution in [1.82, 2.24) is 0 Å². The van der Waals surface area contributed by atoms with Crippen LogP contribution in [0.2, 0.25) is 0 Å². The van der Waals surface area contributed by atoms with Crippen LogP contribution in [0.3, 0.4) is 0 Å². The molecule has 0 aliphatic heterocycles. The van der Waals surface area contributed by atoms with Crippen LogP contribution in [0.5, 0.6) is 0 Å². The molecule has 0 amide bonds. The van der Waals surface area contributed by atoms with Crippen LogP contribution in [0, 0.1) is 5.92 Å². The molecular weight excluding hydrogens is 264 g/mol. The molecule has 0 aliphatic rings. The lowest BCUT2D eigenvalue weighted by atomic mass is 9.97. The zero-order valence-corrected chi connectivity index (χ0v) is 14.3. The maximum absolute atomic E-state index is 12.0. The molecule has 0 radical (unpaired) electrons. The molecule has 0 heterocycles. The number of ether oxygens (including phenoxy) is 1. The lowest BCUT2D eigenvalue weighted by Crippen LogP contribution is -2.21. The Kier molecular flexibility index (Phi) is 13.5. The van der Waals surface area contributed by atoms with E-state index in [1.165, 1.54) is 12.8 Å². The van der Waals surface area contributed by atoms with Crippen molar-refractivity contribution in [2.75, 3.05) is 0 Å². The van der Waals surface area contributed by atoms with Gasteiger partial charge in [-0.05, 0) is 19.3 Å². The minimum atomic E-state index is -0.340. The van der Waals surface area contributed by atoms with Gasteiger partial charge in [0.05, 0.1) is 5.92 Å². The summed E-state index contributed by atoms with van der Waals surface area (Å²) in [5, 5.41) is 0. The van der Waals surface area contributed by atoms with Crippen molar-refractivity contribution in [1.29, 1.82) is 0 Å². The highest BCUT2D eigenvalue weighted by Gasteiger charge is 2.21. The highest BCUT2D eigenvalue weighted by Crippen LogP contribution is 2.18. The van der Waals surface area contributed by atoms with Crippen molar-refractivity contribution in [3.63, 3.8) is 0 Å². The molecule has 0 spiro atoms. The Labute approximate surface area is 130 Å². The first-order valence-corrected chi connectivity index (χ1v) is 8.90. The van der Waals surface area contributed by atoms with Crippen molar-refractivity contribution in [3.8, 4) is 0 Å². The van der Waals surface area contributed by atoms with Gasteiger partial charge in [0.1, 0.15) is 0 Å². The van der Waals surface area contributed by atoms with Crippen LogP contribution >= 0.6 is 0 Å². The van der Waals surface area contributed by atoms with E-state index in [9.17, 15) is 9.59 Å². The summed E-state index contributed by atoms with van der Waals surface area (Å²) in [5.74, 6) is -0.731. The van der Waals surface area contributed by atoms with Gasteiger partial charge >= 0.3 is 11.9 Å². The number of rotatable bonds is 13. The number of carbonyl (C=O) groups excluding carboxylic acids is 2. The normalized spacial score (nSPS) is 12.1. The fraction of sp³-hybridized carbons (Fsp3) is 0.889. The molecule has 3 heteroatoms. The second kappa shape index (κ2) is 14.1. The molecule has 0 aromatic carbocycles. The number of unbranched alkanes of at least 4 members (excludes halogenated alkanes) is 6. The number of carbonyl (C=O) groups is 2. The van der Waals surface area contributed by atoms with Gasteiger partial charge in [0.25, 0.3) is 0 Å². The van der Waals surface area contributed by atoms with E-state index < -0.39 is 0 Å². The second-order valence-electron chi connectivity index (χ2n) is 5.94. The lowest BCUT2D eigenvalue weighted by Gasteiger charge is -2.14. The molecule has 21 heavy (non-hydrogen) atoms. The molecule has 0 saturated carbocycles. The standard InChI is InChI=1S/C18H34O3/c1-4-7-9-10-12-15-17(19)21-18(20)16(13-6-3)14-11-8-5-2/h16H,4-15H2,1-3H3. The average Bonchev–Trinajstić information content (AvgIpc) is 2.46. The van der Waals surface area contributed by atoms with Gasteiger partial charge in [0.15, 0.2) is 0 Å². The van der Waals surface area contributed by atoms with Crippen molar-refractivity contribution in [2.24, 2.45) is 5.92 Å². The molecule has 1 atom stereocenters. The van der Waals surface area contributed by atoms with Crippen LogP contribution in [-0.4, -0.2) is 11.9 Å². The number of hydrogen-bond acceptors (Lipinski definition) is 3. The van der Waals surface area contributed by atoms with Gasteiger partial charge in [-0.15, -0.1) is 0 Å². The molecule has 3 nitrogen and oxygen atoms in total. The fourth-order valence-electron chi connectivity index (χ4n) is 2.49. The van der Waals surface area contributed by atoms with Crippen LogP contribution in [0.15, 0.2) is 0 Å². The lowest BCUT2D eigenvalue weighted by molar-refractivity contribution is -0.163. The molecule has 0 aliphatic carbocycles. The van der Waals surface area contributed by atoms with Gasteiger partial charge in [-0.1, -0.05) is 72.1 Å². The van der Waals surface area contributed by atoms with Crippen LogP contribution in [0.1, 0.15) is 97.8 Å². The monoisotopic (exact) mass is 298 g/mol. The number of hydrogen-bond donors (Lipinski definition) is 0. The van der Waals surface area contributed by atoms with Gasteiger partial charge in [0.2, 0.25) is 0 Å². The molecule has 0 rings (SSSR count). The first-order chi connectivity index (χ1) is 10.2. The van der Waals surface area contributed by atoms with E-state index in [-0.39, 0.29) is 17.9 Å².